The second-order valence-electron chi connectivity index (χ2n) is 3.23. The second kappa shape index (κ2) is 5.22. The van der Waals surface area contributed by atoms with Gasteiger partial charge in [0.2, 0.25) is 4.79 Å². The lowest BCUT2D eigenvalue weighted by molar-refractivity contribution is -0.112. The molecule has 2 nitrogen and oxygen atoms in total. The van der Waals surface area contributed by atoms with Crippen molar-refractivity contribution >= 4 is 5.78 Å². The summed E-state index contributed by atoms with van der Waals surface area (Å²) in [6.45, 7) is 1.43. The van der Waals surface area contributed by atoms with Crippen molar-refractivity contribution in [3.63, 3.8) is 0 Å². The van der Waals surface area contributed by atoms with E-state index in [4.69, 9.17) is 0 Å². The first-order valence-corrected chi connectivity index (χ1v) is 4.62. The first-order chi connectivity index (χ1) is 6.68. The van der Waals surface area contributed by atoms with Gasteiger partial charge in [-0.2, -0.15) is 0 Å². The number of aliphatic hydroxyl groups excluding tert-OH is 1. The maximum atomic E-state index is 10.6. The number of carbonyl (C=O) groups is 1. The van der Waals surface area contributed by atoms with Crippen LogP contribution in [0.25, 0.3) is 0 Å². The van der Waals surface area contributed by atoms with E-state index in [1.165, 1.54) is 13.0 Å². The Bertz CT molecular complexity index is 325. The summed E-state index contributed by atoms with van der Waals surface area (Å²) in [5.74, 6) is 0.0388. The summed E-state index contributed by atoms with van der Waals surface area (Å²) in [6, 6.07) is 9.87. The molecule has 0 fully saturated rings. The molecule has 0 aliphatic carbocycles. The smallest absolute Gasteiger partial charge is 0.467 e. The third-order valence-corrected chi connectivity index (χ3v) is 1.88. The molecule has 0 atom stereocenters. The van der Waals surface area contributed by atoms with Gasteiger partial charge in [-0.1, -0.05) is 30.3 Å². The average Bonchev–Trinajstić information content (AvgIpc) is 2.15. The van der Waals surface area contributed by atoms with Crippen molar-refractivity contribution < 1.29 is 9.90 Å². The minimum atomic E-state index is -0.115. The number of aryl methyl sites for hydroxylation is 1. The number of ketones is 1. The van der Waals surface area contributed by atoms with Gasteiger partial charge >= 0.3 is 5.78 Å². The highest BCUT2D eigenvalue weighted by Crippen LogP contribution is 2.06. The molecule has 73 valence electrons. The van der Waals surface area contributed by atoms with Crippen LogP contribution in [0.3, 0.4) is 0 Å². The molecule has 1 rings (SSSR count). The van der Waals surface area contributed by atoms with Gasteiger partial charge in [0.05, 0.1) is 13.0 Å². The van der Waals surface area contributed by atoms with Gasteiger partial charge in [0, 0.05) is 6.42 Å². The molecule has 1 radical (unpaired) electrons. The minimum absolute atomic E-state index is 0.115. The first-order valence-electron chi connectivity index (χ1n) is 4.62. The molecule has 0 aliphatic heterocycles. The zero-order valence-corrected chi connectivity index (χ0v) is 8.23. The van der Waals surface area contributed by atoms with Gasteiger partial charge in [-0.3, -0.25) is 0 Å². The van der Waals surface area contributed by atoms with Crippen molar-refractivity contribution in [3.8, 4) is 0 Å². The lowest BCUT2D eigenvalue weighted by Gasteiger charge is -1.98. The Morgan fingerprint density at radius 2 is 2.00 bits per heavy atom. The molecule has 1 N–H and O–H groups in total. The van der Waals surface area contributed by atoms with Gasteiger partial charge in [0.1, 0.15) is 5.76 Å². The fraction of sp³-hybridized carbons (Fsp3) is 0.250. The van der Waals surface area contributed by atoms with Gasteiger partial charge in [-0.25, -0.2) is 0 Å². The Morgan fingerprint density at radius 3 is 2.57 bits per heavy atom. The molecular weight excluding hydrogens is 176 g/mol. The minimum Gasteiger partial charge on any atom is -0.512 e. The molecule has 0 amide bonds. The maximum Gasteiger partial charge on any atom is 0.467 e. The number of carbonyl (C=O) groups excluding carboxylic acids is 1. The van der Waals surface area contributed by atoms with Crippen LogP contribution in [0.5, 0.6) is 0 Å². The monoisotopic (exact) mass is 190 g/mol. The molecule has 1 aromatic rings. The van der Waals surface area contributed by atoms with E-state index in [1.807, 2.05) is 30.3 Å². The highest BCUT2D eigenvalue weighted by Gasteiger charge is 2.04. The van der Waals surface area contributed by atoms with Crippen molar-refractivity contribution in [3.05, 3.63) is 47.7 Å². The van der Waals surface area contributed by atoms with E-state index in [-0.39, 0.29) is 11.5 Å². The Balaban J connectivity index is 2.45. The number of hydrogen-bond acceptors (Lipinski definition) is 2. The number of hydrogen-bond donors (Lipinski definition) is 1. The highest BCUT2D eigenvalue weighted by molar-refractivity contribution is 5.87. The van der Waals surface area contributed by atoms with Gasteiger partial charge < -0.3 is 5.11 Å². The SMILES string of the molecule is CC(=[O+])C=C(O)CCc1ccccc1. The zero-order chi connectivity index (χ0) is 10.4. The summed E-state index contributed by atoms with van der Waals surface area (Å²) in [4.78, 5) is 10.6. The van der Waals surface area contributed by atoms with Crippen LogP contribution < -0.4 is 0 Å². The van der Waals surface area contributed by atoms with Crippen LogP contribution in [0, 0.1) is 0 Å². The van der Waals surface area contributed by atoms with E-state index >= 15 is 0 Å². The number of aliphatic hydroxyl groups is 1. The van der Waals surface area contributed by atoms with Crippen LogP contribution in [-0.4, -0.2) is 10.9 Å². The Kier molecular flexibility index (Phi) is 3.92. The molecule has 0 bridgehead atoms. The standard InChI is InChI=1S/C12H14O2/c1-10(13)9-12(14)8-7-11-5-3-2-4-6-11/h2-6,9,14H,7-8H2,1H3/q+1. The fourth-order valence-corrected chi connectivity index (χ4v) is 1.22. The van der Waals surface area contributed by atoms with Crippen molar-refractivity contribution in [2.45, 2.75) is 19.8 Å². The third-order valence-electron chi connectivity index (χ3n) is 1.88. The van der Waals surface area contributed by atoms with Crippen LogP contribution in [0.1, 0.15) is 18.9 Å². The molecule has 0 aromatic heterocycles. The van der Waals surface area contributed by atoms with E-state index < -0.39 is 0 Å². The van der Waals surface area contributed by atoms with E-state index in [1.54, 1.807) is 0 Å². The van der Waals surface area contributed by atoms with E-state index in [2.05, 4.69) is 0 Å². The number of rotatable bonds is 4. The summed E-state index contributed by atoms with van der Waals surface area (Å²) in [5.41, 5.74) is 1.16. The summed E-state index contributed by atoms with van der Waals surface area (Å²) in [5, 5.41) is 9.32. The molecule has 0 unspecified atom stereocenters. The molecule has 14 heavy (non-hydrogen) atoms. The Morgan fingerprint density at radius 1 is 1.36 bits per heavy atom. The molecule has 0 spiro atoms. The zero-order valence-electron chi connectivity index (χ0n) is 8.23. The van der Waals surface area contributed by atoms with Crippen LogP contribution >= 0.6 is 0 Å². The van der Waals surface area contributed by atoms with Crippen molar-refractivity contribution in [2.24, 2.45) is 0 Å². The fourth-order valence-electron chi connectivity index (χ4n) is 1.22. The average molecular weight is 190 g/mol. The van der Waals surface area contributed by atoms with Crippen molar-refractivity contribution in [2.75, 3.05) is 0 Å². The summed E-state index contributed by atoms with van der Waals surface area (Å²) >= 11 is 0. The molecule has 0 heterocycles. The van der Waals surface area contributed by atoms with Crippen LogP contribution in [0.2, 0.25) is 0 Å². The second-order valence-corrected chi connectivity index (χ2v) is 3.23. The molecule has 0 aliphatic rings. The molecule has 1 aromatic carbocycles. The lowest BCUT2D eigenvalue weighted by atomic mass is 10.1. The molecular formula is C12H14O2+. The summed E-state index contributed by atoms with van der Waals surface area (Å²) in [6.07, 6.45) is 2.54. The van der Waals surface area contributed by atoms with Gasteiger partial charge in [0.25, 0.3) is 0 Å². The molecule has 2 heteroatoms. The predicted molar refractivity (Wildman–Crippen MR) is 56.2 cm³/mol. The Labute approximate surface area is 83.9 Å². The largest absolute Gasteiger partial charge is 0.512 e. The first kappa shape index (κ1) is 10.5. The van der Waals surface area contributed by atoms with Gasteiger partial charge in [-0.05, 0) is 12.0 Å². The van der Waals surface area contributed by atoms with Crippen LogP contribution in [-0.2, 0) is 11.2 Å². The number of allylic oxidation sites excluding steroid dienone is 2. The number of benzene rings is 1. The lowest BCUT2D eigenvalue weighted by Crippen LogP contribution is -1.91. The van der Waals surface area contributed by atoms with E-state index in [9.17, 15) is 9.90 Å². The van der Waals surface area contributed by atoms with Crippen LogP contribution in [0.4, 0.5) is 0 Å². The third kappa shape index (κ3) is 3.90. The topological polar surface area (TPSA) is 40.1 Å². The van der Waals surface area contributed by atoms with Gasteiger partial charge in [0.15, 0.2) is 0 Å². The molecule has 0 saturated carbocycles. The quantitative estimate of drug-likeness (QED) is 0.450. The van der Waals surface area contributed by atoms with E-state index in [0.29, 0.717) is 6.42 Å². The van der Waals surface area contributed by atoms with E-state index in [0.717, 1.165) is 12.0 Å². The van der Waals surface area contributed by atoms with Crippen molar-refractivity contribution in [1.82, 2.24) is 0 Å². The maximum absolute atomic E-state index is 10.6. The summed E-state index contributed by atoms with van der Waals surface area (Å²) in [7, 11) is 0. The van der Waals surface area contributed by atoms with Gasteiger partial charge in [-0.15, -0.1) is 0 Å². The van der Waals surface area contributed by atoms with Crippen molar-refractivity contribution in [1.29, 1.82) is 0 Å². The predicted octanol–water partition coefficient (Wildman–Crippen LogP) is 2.65. The highest BCUT2D eigenvalue weighted by atomic mass is 16.3. The molecule has 0 saturated heterocycles. The summed E-state index contributed by atoms with van der Waals surface area (Å²) < 4.78 is 0. The van der Waals surface area contributed by atoms with Crippen LogP contribution in [0.15, 0.2) is 42.2 Å². The normalized spacial score (nSPS) is 11.4. The Hall–Kier alpha value is -1.57.